The van der Waals surface area contributed by atoms with Gasteiger partial charge < -0.3 is 10.8 Å². The molecule has 2 nitrogen and oxygen atoms in total. The summed E-state index contributed by atoms with van der Waals surface area (Å²) in [5, 5.41) is 9.67. The Morgan fingerprint density at radius 2 is 1.94 bits per heavy atom. The highest BCUT2D eigenvalue weighted by Gasteiger charge is 2.11. The molecule has 3 N–H and O–H groups in total. The number of phenolic OH excluding ortho intramolecular Hbond substituents is 1. The van der Waals surface area contributed by atoms with Crippen molar-refractivity contribution in [1.82, 2.24) is 0 Å². The molecule has 0 saturated carbocycles. The molecule has 0 radical (unpaired) electrons. The van der Waals surface area contributed by atoms with E-state index in [4.69, 9.17) is 5.73 Å². The molecule has 0 aliphatic rings. The largest absolute Gasteiger partial charge is 0.508 e. The fraction of sp³-hybridized carbons (Fsp3) is 0.500. The fourth-order valence-electron chi connectivity index (χ4n) is 1.49. The topological polar surface area (TPSA) is 46.2 Å². The van der Waals surface area contributed by atoms with E-state index in [0.29, 0.717) is 5.92 Å². The molecular weight excluding hydrogens is 289 g/mol. The van der Waals surface area contributed by atoms with Gasteiger partial charge in [-0.2, -0.15) is 0 Å². The van der Waals surface area contributed by atoms with Crippen molar-refractivity contribution in [2.75, 3.05) is 0 Å². The van der Waals surface area contributed by atoms with Crippen molar-refractivity contribution in [2.24, 2.45) is 11.7 Å². The Balaban J connectivity index is 0.00000225. The number of halogens is 2. The van der Waals surface area contributed by atoms with Crippen LogP contribution in [-0.2, 0) is 0 Å². The van der Waals surface area contributed by atoms with Gasteiger partial charge in [-0.25, -0.2) is 0 Å². The highest BCUT2D eigenvalue weighted by molar-refractivity contribution is 9.10. The summed E-state index contributed by atoms with van der Waals surface area (Å²) < 4.78 is 0.954. The first kappa shape index (κ1) is 15.8. The summed E-state index contributed by atoms with van der Waals surface area (Å²) in [6, 6.07) is 5.30. The standard InChI is InChI=1S/C12H18BrNO.ClH/c1-8(2)3-5-11(14)10-7-9(13)4-6-12(10)15;/h4,6-8,11,15H,3,5,14H2,1-2H3;1H/t11-;/m1./s1. The predicted molar refractivity (Wildman–Crippen MR) is 74.1 cm³/mol. The number of rotatable bonds is 4. The van der Waals surface area contributed by atoms with E-state index in [9.17, 15) is 5.11 Å². The highest BCUT2D eigenvalue weighted by Crippen LogP contribution is 2.29. The zero-order valence-electron chi connectivity index (χ0n) is 9.61. The van der Waals surface area contributed by atoms with Gasteiger partial charge in [-0.05, 0) is 37.0 Å². The first-order chi connectivity index (χ1) is 7.00. The van der Waals surface area contributed by atoms with Gasteiger partial charge in [-0.15, -0.1) is 12.4 Å². The van der Waals surface area contributed by atoms with Crippen molar-refractivity contribution in [3.63, 3.8) is 0 Å². The average Bonchev–Trinajstić information content (AvgIpc) is 2.18. The zero-order chi connectivity index (χ0) is 11.4. The summed E-state index contributed by atoms with van der Waals surface area (Å²) in [5.41, 5.74) is 6.86. The SMILES string of the molecule is CC(C)CC[C@@H](N)c1cc(Br)ccc1O.Cl. The molecule has 0 spiro atoms. The van der Waals surface area contributed by atoms with Gasteiger partial charge in [0.1, 0.15) is 5.75 Å². The lowest BCUT2D eigenvalue weighted by Crippen LogP contribution is -2.11. The second-order valence-corrected chi connectivity index (χ2v) is 5.20. The molecule has 0 bridgehead atoms. The third-order valence-corrected chi connectivity index (χ3v) is 2.94. The fourth-order valence-corrected chi connectivity index (χ4v) is 1.87. The van der Waals surface area contributed by atoms with Crippen LogP contribution in [0.4, 0.5) is 0 Å². The van der Waals surface area contributed by atoms with Crippen LogP contribution < -0.4 is 5.73 Å². The van der Waals surface area contributed by atoms with Crippen molar-refractivity contribution < 1.29 is 5.11 Å². The van der Waals surface area contributed by atoms with Crippen LogP contribution in [0, 0.1) is 5.92 Å². The summed E-state index contributed by atoms with van der Waals surface area (Å²) in [6.45, 7) is 4.35. The molecule has 0 unspecified atom stereocenters. The van der Waals surface area contributed by atoms with Crippen LogP contribution in [0.3, 0.4) is 0 Å². The maximum Gasteiger partial charge on any atom is 0.120 e. The minimum Gasteiger partial charge on any atom is -0.508 e. The molecule has 92 valence electrons. The first-order valence-corrected chi connectivity index (χ1v) is 6.04. The van der Waals surface area contributed by atoms with E-state index in [1.165, 1.54) is 0 Å². The van der Waals surface area contributed by atoms with Crippen LogP contribution in [0.1, 0.15) is 38.3 Å². The smallest absolute Gasteiger partial charge is 0.120 e. The maximum absolute atomic E-state index is 9.67. The number of nitrogens with two attached hydrogens (primary N) is 1. The van der Waals surface area contributed by atoms with E-state index < -0.39 is 0 Å². The molecule has 0 aliphatic heterocycles. The third kappa shape index (κ3) is 4.73. The number of phenols is 1. The Hall–Kier alpha value is -0.250. The summed E-state index contributed by atoms with van der Waals surface area (Å²) >= 11 is 3.38. The molecule has 0 amide bonds. The molecule has 1 aromatic rings. The molecule has 16 heavy (non-hydrogen) atoms. The molecule has 0 fully saturated rings. The molecule has 1 aromatic carbocycles. The monoisotopic (exact) mass is 307 g/mol. The minimum atomic E-state index is -0.0788. The molecule has 0 aromatic heterocycles. The van der Waals surface area contributed by atoms with Crippen LogP contribution in [0.5, 0.6) is 5.75 Å². The Bertz CT molecular complexity index is 331. The maximum atomic E-state index is 9.67. The average molecular weight is 309 g/mol. The van der Waals surface area contributed by atoms with E-state index >= 15 is 0 Å². The number of benzene rings is 1. The van der Waals surface area contributed by atoms with E-state index in [0.717, 1.165) is 22.9 Å². The predicted octanol–water partition coefficient (Wildman–Crippen LogP) is 4.01. The summed E-state index contributed by atoms with van der Waals surface area (Å²) in [4.78, 5) is 0. The number of hydrogen-bond donors (Lipinski definition) is 2. The van der Waals surface area contributed by atoms with Crippen molar-refractivity contribution in [3.05, 3.63) is 28.2 Å². The van der Waals surface area contributed by atoms with Gasteiger partial charge in [0, 0.05) is 16.1 Å². The van der Waals surface area contributed by atoms with Crippen LogP contribution in [0.2, 0.25) is 0 Å². The van der Waals surface area contributed by atoms with Crippen LogP contribution in [0.25, 0.3) is 0 Å². The lowest BCUT2D eigenvalue weighted by atomic mass is 9.98. The lowest BCUT2D eigenvalue weighted by Gasteiger charge is -2.15. The normalized spacial score (nSPS) is 12.3. The molecule has 0 aliphatic carbocycles. The van der Waals surface area contributed by atoms with Crippen LogP contribution in [0.15, 0.2) is 22.7 Å². The van der Waals surface area contributed by atoms with Crippen molar-refractivity contribution in [2.45, 2.75) is 32.7 Å². The summed E-state index contributed by atoms with van der Waals surface area (Å²) in [5.74, 6) is 0.930. The summed E-state index contributed by atoms with van der Waals surface area (Å²) in [7, 11) is 0. The number of aromatic hydroxyl groups is 1. The Morgan fingerprint density at radius 1 is 1.31 bits per heavy atom. The van der Waals surface area contributed by atoms with E-state index in [1.54, 1.807) is 6.07 Å². The van der Waals surface area contributed by atoms with E-state index in [2.05, 4.69) is 29.8 Å². The van der Waals surface area contributed by atoms with Crippen molar-refractivity contribution in [3.8, 4) is 5.75 Å². The van der Waals surface area contributed by atoms with Crippen molar-refractivity contribution >= 4 is 28.3 Å². The Labute approximate surface area is 112 Å². The molecule has 1 atom stereocenters. The zero-order valence-corrected chi connectivity index (χ0v) is 12.0. The Morgan fingerprint density at radius 3 is 2.50 bits per heavy atom. The second kappa shape index (κ2) is 7.15. The first-order valence-electron chi connectivity index (χ1n) is 5.24. The van der Waals surface area contributed by atoms with E-state index in [1.807, 2.05) is 12.1 Å². The van der Waals surface area contributed by atoms with Gasteiger partial charge in [0.25, 0.3) is 0 Å². The molecule has 1 rings (SSSR count). The number of hydrogen-bond acceptors (Lipinski definition) is 2. The second-order valence-electron chi connectivity index (χ2n) is 4.28. The molecule has 0 heterocycles. The van der Waals surface area contributed by atoms with Crippen LogP contribution >= 0.6 is 28.3 Å². The van der Waals surface area contributed by atoms with Crippen LogP contribution in [-0.4, -0.2) is 5.11 Å². The van der Waals surface area contributed by atoms with Gasteiger partial charge in [-0.1, -0.05) is 29.8 Å². The van der Waals surface area contributed by atoms with Gasteiger partial charge in [0.15, 0.2) is 0 Å². The van der Waals surface area contributed by atoms with Gasteiger partial charge in [0.2, 0.25) is 0 Å². The van der Waals surface area contributed by atoms with E-state index in [-0.39, 0.29) is 24.2 Å². The quantitative estimate of drug-likeness (QED) is 0.882. The Kier molecular flexibility index (Phi) is 7.04. The third-order valence-electron chi connectivity index (χ3n) is 2.44. The summed E-state index contributed by atoms with van der Waals surface area (Å²) in [6.07, 6.45) is 1.98. The van der Waals surface area contributed by atoms with Crippen molar-refractivity contribution in [1.29, 1.82) is 0 Å². The molecular formula is C12H19BrClNO. The van der Waals surface area contributed by atoms with Gasteiger partial charge in [-0.3, -0.25) is 0 Å². The minimum absolute atomic E-state index is 0. The lowest BCUT2D eigenvalue weighted by molar-refractivity contribution is 0.448. The highest BCUT2D eigenvalue weighted by atomic mass is 79.9. The molecule has 0 saturated heterocycles. The molecule has 4 heteroatoms. The van der Waals surface area contributed by atoms with Gasteiger partial charge >= 0.3 is 0 Å². The van der Waals surface area contributed by atoms with Gasteiger partial charge in [0.05, 0.1) is 0 Å².